The van der Waals surface area contributed by atoms with Crippen LogP contribution in [-0.2, 0) is 0 Å². The lowest BCUT2D eigenvalue weighted by molar-refractivity contribution is 0.629. The average Bonchev–Trinajstić information content (AvgIpc) is 2.38. The quantitative estimate of drug-likeness (QED) is 0.806. The maximum absolute atomic E-state index is 13.6. The van der Waals surface area contributed by atoms with Gasteiger partial charge >= 0.3 is 0 Å². The minimum atomic E-state index is -0.310. The molecule has 0 saturated carbocycles. The van der Waals surface area contributed by atoms with Gasteiger partial charge in [-0.3, -0.25) is 0 Å². The molecule has 2 aromatic carbocycles. The summed E-state index contributed by atoms with van der Waals surface area (Å²) in [6, 6.07) is 14.8. The van der Waals surface area contributed by atoms with Crippen molar-refractivity contribution in [3.8, 4) is 0 Å². The van der Waals surface area contributed by atoms with E-state index >= 15 is 0 Å². The highest BCUT2D eigenvalue weighted by Crippen LogP contribution is 2.19. The third-order valence-corrected chi connectivity index (χ3v) is 2.96. The van der Waals surface area contributed by atoms with Crippen LogP contribution in [0.4, 0.5) is 15.8 Å². The normalized spacial score (nSPS) is 12.1. The molecule has 0 aliphatic carbocycles. The molecule has 2 aromatic rings. The third-order valence-electron chi connectivity index (χ3n) is 2.96. The molecule has 0 saturated heterocycles. The van der Waals surface area contributed by atoms with Gasteiger partial charge in [-0.15, -0.1) is 0 Å². The molecular formula is C15H17FN2. The number of nitrogens with one attached hydrogen (secondary N) is 1. The molecule has 0 amide bonds. The van der Waals surface area contributed by atoms with Crippen LogP contribution in [0.15, 0.2) is 48.5 Å². The zero-order valence-electron chi connectivity index (χ0n) is 10.4. The second kappa shape index (κ2) is 5.54. The van der Waals surface area contributed by atoms with Gasteiger partial charge in [0.2, 0.25) is 0 Å². The molecule has 2 rings (SSSR count). The molecule has 0 fully saturated rings. The van der Waals surface area contributed by atoms with Crippen LogP contribution in [0.2, 0.25) is 0 Å². The zero-order chi connectivity index (χ0) is 13.0. The van der Waals surface area contributed by atoms with Gasteiger partial charge in [-0.25, -0.2) is 4.39 Å². The van der Waals surface area contributed by atoms with Gasteiger partial charge in [-0.05, 0) is 29.7 Å². The van der Waals surface area contributed by atoms with Crippen molar-refractivity contribution in [3.05, 3.63) is 59.9 Å². The Kier molecular flexibility index (Phi) is 3.82. The molecule has 94 valence electrons. The van der Waals surface area contributed by atoms with Crippen molar-refractivity contribution in [1.29, 1.82) is 0 Å². The summed E-state index contributed by atoms with van der Waals surface area (Å²) in [5.74, 6) is 0.0124. The summed E-state index contributed by atoms with van der Waals surface area (Å²) >= 11 is 0. The zero-order valence-corrected chi connectivity index (χ0v) is 10.4. The van der Waals surface area contributed by atoms with Crippen molar-refractivity contribution in [3.63, 3.8) is 0 Å². The van der Waals surface area contributed by atoms with Crippen molar-refractivity contribution in [1.82, 2.24) is 0 Å². The Balaban J connectivity index is 1.99. The van der Waals surface area contributed by atoms with Gasteiger partial charge in [-0.2, -0.15) is 0 Å². The second-order valence-electron chi connectivity index (χ2n) is 4.43. The van der Waals surface area contributed by atoms with Crippen molar-refractivity contribution in [2.45, 2.75) is 12.8 Å². The first kappa shape index (κ1) is 12.4. The fourth-order valence-corrected chi connectivity index (χ4v) is 1.84. The standard InChI is InChI=1S/C15H17FN2/c1-11(12-5-3-2-4-6-12)10-18-15-8-7-13(17)9-14(15)16/h2-9,11,18H,10,17H2,1H3. The van der Waals surface area contributed by atoms with E-state index in [2.05, 4.69) is 24.4 Å². The van der Waals surface area contributed by atoms with Gasteiger partial charge in [0, 0.05) is 12.2 Å². The van der Waals surface area contributed by atoms with E-state index in [1.807, 2.05) is 18.2 Å². The third kappa shape index (κ3) is 3.00. The van der Waals surface area contributed by atoms with Crippen LogP contribution in [0.3, 0.4) is 0 Å². The second-order valence-corrected chi connectivity index (χ2v) is 4.43. The molecular weight excluding hydrogens is 227 g/mol. The Hall–Kier alpha value is -2.03. The molecule has 1 unspecified atom stereocenters. The summed E-state index contributed by atoms with van der Waals surface area (Å²) in [5, 5.41) is 3.11. The lowest BCUT2D eigenvalue weighted by atomic mass is 10.0. The maximum Gasteiger partial charge on any atom is 0.148 e. The van der Waals surface area contributed by atoms with Gasteiger partial charge in [0.1, 0.15) is 5.82 Å². The summed E-state index contributed by atoms with van der Waals surface area (Å²) in [4.78, 5) is 0. The van der Waals surface area contributed by atoms with E-state index in [1.54, 1.807) is 12.1 Å². The van der Waals surface area contributed by atoms with Crippen molar-refractivity contribution in [2.24, 2.45) is 0 Å². The minimum Gasteiger partial charge on any atom is -0.399 e. The highest BCUT2D eigenvalue weighted by Gasteiger charge is 2.06. The Labute approximate surface area is 107 Å². The number of benzene rings is 2. The van der Waals surface area contributed by atoms with Crippen LogP contribution in [-0.4, -0.2) is 6.54 Å². The number of hydrogen-bond donors (Lipinski definition) is 2. The SMILES string of the molecule is CC(CNc1ccc(N)cc1F)c1ccccc1. The molecule has 1 atom stereocenters. The molecule has 0 radical (unpaired) electrons. The average molecular weight is 244 g/mol. The van der Waals surface area contributed by atoms with Gasteiger partial charge in [-0.1, -0.05) is 37.3 Å². The summed E-state index contributed by atoms with van der Waals surface area (Å²) in [7, 11) is 0. The molecule has 3 heteroatoms. The predicted molar refractivity (Wildman–Crippen MR) is 74.2 cm³/mol. The predicted octanol–water partition coefficient (Wildman–Crippen LogP) is 3.62. The topological polar surface area (TPSA) is 38.0 Å². The Morgan fingerprint density at radius 3 is 2.56 bits per heavy atom. The van der Waals surface area contributed by atoms with E-state index in [9.17, 15) is 4.39 Å². The van der Waals surface area contributed by atoms with E-state index in [1.165, 1.54) is 11.6 Å². The van der Waals surface area contributed by atoms with Gasteiger partial charge in [0.05, 0.1) is 5.69 Å². The van der Waals surface area contributed by atoms with E-state index in [4.69, 9.17) is 5.73 Å². The van der Waals surface area contributed by atoms with Crippen LogP contribution >= 0.6 is 0 Å². The maximum atomic E-state index is 13.6. The lowest BCUT2D eigenvalue weighted by Gasteiger charge is -2.14. The summed E-state index contributed by atoms with van der Waals surface area (Å²) in [6.45, 7) is 2.79. The lowest BCUT2D eigenvalue weighted by Crippen LogP contribution is -2.10. The van der Waals surface area contributed by atoms with Crippen molar-refractivity contribution >= 4 is 11.4 Å². The van der Waals surface area contributed by atoms with Crippen LogP contribution in [0.1, 0.15) is 18.4 Å². The molecule has 0 spiro atoms. The van der Waals surface area contributed by atoms with E-state index in [0.29, 0.717) is 23.8 Å². The van der Waals surface area contributed by atoms with Gasteiger partial charge < -0.3 is 11.1 Å². The number of nitrogens with two attached hydrogens (primary N) is 1. The van der Waals surface area contributed by atoms with Gasteiger partial charge in [0.25, 0.3) is 0 Å². The molecule has 2 nitrogen and oxygen atoms in total. The number of halogens is 1. The largest absolute Gasteiger partial charge is 0.399 e. The fourth-order valence-electron chi connectivity index (χ4n) is 1.84. The molecule has 0 bridgehead atoms. The molecule has 0 aliphatic rings. The minimum absolute atomic E-state index is 0.310. The number of anilines is 2. The van der Waals surface area contributed by atoms with Crippen molar-refractivity contribution in [2.75, 3.05) is 17.6 Å². The van der Waals surface area contributed by atoms with Gasteiger partial charge in [0.15, 0.2) is 0 Å². The van der Waals surface area contributed by atoms with E-state index < -0.39 is 0 Å². The Morgan fingerprint density at radius 2 is 1.89 bits per heavy atom. The first-order valence-electron chi connectivity index (χ1n) is 6.00. The van der Waals surface area contributed by atoms with Crippen molar-refractivity contribution < 1.29 is 4.39 Å². The van der Waals surface area contributed by atoms with Crippen LogP contribution in [0, 0.1) is 5.82 Å². The molecule has 18 heavy (non-hydrogen) atoms. The fraction of sp³-hybridized carbons (Fsp3) is 0.200. The molecule has 0 aromatic heterocycles. The highest BCUT2D eigenvalue weighted by molar-refractivity contribution is 5.52. The Bertz CT molecular complexity index is 511. The number of rotatable bonds is 4. The number of nitrogen functional groups attached to an aromatic ring is 1. The molecule has 0 aliphatic heterocycles. The summed E-state index contributed by atoms with van der Waals surface area (Å²) in [5.41, 5.74) is 7.68. The Morgan fingerprint density at radius 1 is 1.17 bits per heavy atom. The van der Waals surface area contributed by atoms with Crippen LogP contribution in [0.5, 0.6) is 0 Å². The summed E-state index contributed by atoms with van der Waals surface area (Å²) in [6.07, 6.45) is 0. The van der Waals surface area contributed by atoms with E-state index in [0.717, 1.165) is 0 Å². The monoisotopic (exact) mass is 244 g/mol. The van der Waals surface area contributed by atoms with Crippen LogP contribution in [0.25, 0.3) is 0 Å². The van der Waals surface area contributed by atoms with E-state index in [-0.39, 0.29) is 5.82 Å². The first-order valence-corrected chi connectivity index (χ1v) is 6.00. The first-order chi connectivity index (χ1) is 8.66. The summed E-state index contributed by atoms with van der Waals surface area (Å²) < 4.78 is 13.6. The number of hydrogen-bond acceptors (Lipinski definition) is 2. The smallest absolute Gasteiger partial charge is 0.148 e. The molecule has 3 N–H and O–H groups in total. The highest BCUT2D eigenvalue weighted by atomic mass is 19.1. The molecule has 0 heterocycles. The van der Waals surface area contributed by atoms with Crippen LogP contribution < -0.4 is 11.1 Å².